The van der Waals surface area contributed by atoms with Crippen molar-refractivity contribution in [3.8, 4) is 0 Å². The molecule has 0 heterocycles. The Bertz CT molecular complexity index is 430. The lowest BCUT2D eigenvalue weighted by molar-refractivity contribution is -0.132. The Labute approximate surface area is 152 Å². The number of nitrogens with zero attached hydrogens (tertiary/aromatic N) is 1. The first-order chi connectivity index (χ1) is 12.1. The van der Waals surface area contributed by atoms with E-state index in [4.69, 9.17) is 5.11 Å². The van der Waals surface area contributed by atoms with Gasteiger partial charge in [0.05, 0.1) is 6.04 Å². The van der Waals surface area contributed by atoms with Crippen LogP contribution in [0.2, 0.25) is 0 Å². The fraction of sp³-hybridized carbons (Fsp3) is 0.810. The maximum Gasteiger partial charge on any atom is 0.331 e. The summed E-state index contributed by atoms with van der Waals surface area (Å²) < 4.78 is 0. The minimum Gasteiger partial charge on any atom is -0.478 e. The van der Waals surface area contributed by atoms with Gasteiger partial charge in [-0.3, -0.25) is 4.90 Å². The second kappa shape index (κ2) is 10.7. The molecule has 1 atom stereocenters. The van der Waals surface area contributed by atoms with Crippen LogP contribution in [0.4, 0.5) is 0 Å². The number of aldehydes is 1. The summed E-state index contributed by atoms with van der Waals surface area (Å²) in [4.78, 5) is 25.3. The predicted octanol–water partition coefficient (Wildman–Crippen LogP) is 4.44. The minimum absolute atomic E-state index is 0.0654. The summed E-state index contributed by atoms with van der Waals surface area (Å²) in [6.45, 7) is 3.95. The van der Waals surface area contributed by atoms with Crippen LogP contribution in [-0.2, 0) is 9.59 Å². The van der Waals surface area contributed by atoms with E-state index >= 15 is 0 Å². The fourth-order valence-electron chi connectivity index (χ4n) is 4.54. The second-order valence-corrected chi connectivity index (χ2v) is 7.92. The molecule has 0 amide bonds. The summed E-state index contributed by atoms with van der Waals surface area (Å²) in [7, 11) is 0. The molecule has 0 bridgehead atoms. The molecule has 1 N–H and O–H groups in total. The van der Waals surface area contributed by atoms with Crippen molar-refractivity contribution >= 4 is 12.3 Å². The molecule has 0 aliphatic heterocycles. The number of rotatable bonds is 11. The van der Waals surface area contributed by atoms with Crippen molar-refractivity contribution < 1.29 is 14.7 Å². The number of carboxylic acids is 1. The highest BCUT2D eigenvalue weighted by Gasteiger charge is 2.27. The molecule has 2 rings (SSSR count). The van der Waals surface area contributed by atoms with Gasteiger partial charge in [-0.15, -0.1) is 0 Å². The molecule has 0 radical (unpaired) electrons. The average molecular weight is 350 g/mol. The smallest absolute Gasteiger partial charge is 0.331 e. The van der Waals surface area contributed by atoms with Crippen molar-refractivity contribution in [3.05, 3.63) is 11.6 Å². The Morgan fingerprint density at radius 2 is 1.60 bits per heavy atom. The highest BCUT2D eigenvalue weighted by atomic mass is 16.4. The molecular formula is C21H35NO3. The summed E-state index contributed by atoms with van der Waals surface area (Å²) in [5.74, 6) is 0.646. The number of hydrogen-bond acceptors (Lipinski definition) is 3. The van der Waals surface area contributed by atoms with Gasteiger partial charge in [0.2, 0.25) is 0 Å². The van der Waals surface area contributed by atoms with E-state index in [0.29, 0.717) is 18.4 Å². The third-order valence-corrected chi connectivity index (χ3v) is 6.07. The van der Waals surface area contributed by atoms with Crippen LogP contribution < -0.4 is 0 Å². The van der Waals surface area contributed by atoms with Crippen molar-refractivity contribution in [3.63, 3.8) is 0 Å². The third kappa shape index (κ3) is 6.58. The molecule has 2 fully saturated rings. The van der Waals surface area contributed by atoms with Crippen LogP contribution in [-0.4, -0.2) is 41.4 Å². The van der Waals surface area contributed by atoms with Crippen LogP contribution in [0.5, 0.6) is 0 Å². The molecule has 0 unspecified atom stereocenters. The zero-order valence-corrected chi connectivity index (χ0v) is 15.8. The molecule has 142 valence electrons. The van der Waals surface area contributed by atoms with Crippen LogP contribution in [0.3, 0.4) is 0 Å². The van der Waals surface area contributed by atoms with Crippen molar-refractivity contribution in [1.82, 2.24) is 4.90 Å². The number of carbonyl (C=O) groups is 2. The Balaban J connectivity index is 1.95. The maximum atomic E-state index is 11.8. The van der Waals surface area contributed by atoms with Crippen molar-refractivity contribution in [2.75, 3.05) is 13.1 Å². The zero-order chi connectivity index (χ0) is 18.1. The monoisotopic (exact) mass is 349 g/mol. The summed E-state index contributed by atoms with van der Waals surface area (Å²) in [5, 5.41) is 9.14. The van der Waals surface area contributed by atoms with E-state index < -0.39 is 5.97 Å². The molecule has 0 saturated heterocycles. The highest BCUT2D eigenvalue weighted by Crippen LogP contribution is 2.30. The lowest BCUT2D eigenvalue weighted by Crippen LogP contribution is -2.42. The summed E-state index contributed by atoms with van der Waals surface area (Å²) in [6.07, 6.45) is 15.4. The summed E-state index contributed by atoms with van der Waals surface area (Å²) in [6, 6.07) is -0.0654. The van der Waals surface area contributed by atoms with Crippen LogP contribution in [0.15, 0.2) is 11.6 Å². The van der Waals surface area contributed by atoms with Gasteiger partial charge in [-0.1, -0.05) is 38.7 Å². The maximum absolute atomic E-state index is 11.8. The molecule has 25 heavy (non-hydrogen) atoms. The first-order valence-corrected chi connectivity index (χ1v) is 10.3. The quantitative estimate of drug-likeness (QED) is 0.442. The lowest BCUT2D eigenvalue weighted by Gasteiger charge is -2.32. The zero-order valence-electron chi connectivity index (χ0n) is 15.8. The van der Waals surface area contributed by atoms with Crippen LogP contribution in [0, 0.1) is 11.8 Å². The Hall–Kier alpha value is -1.16. The highest BCUT2D eigenvalue weighted by molar-refractivity contribution is 5.86. The van der Waals surface area contributed by atoms with E-state index in [1.54, 1.807) is 0 Å². The number of aliphatic carboxylic acids is 1. The minimum atomic E-state index is -0.834. The van der Waals surface area contributed by atoms with Crippen LogP contribution >= 0.6 is 0 Å². The third-order valence-electron chi connectivity index (χ3n) is 6.07. The van der Waals surface area contributed by atoms with Gasteiger partial charge in [0, 0.05) is 18.7 Å². The Kier molecular flexibility index (Phi) is 8.66. The van der Waals surface area contributed by atoms with Crippen molar-refractivity contribution in [1.29, 1.82) is 0 Å². The predicted molar refractivity (Wildman–Crippen MR) is 101 cm³/mol. The summed E-state index contributed by atoms with van der Waals surface area (Å²) in [5.41, 5.74) is 0.461. The van der Waals surface area contributed by atoms with Gasteiger partial charge in [-0.05, 0) is 56.8 Å². The average Bonchev–Trinajstić information content (AvgIpc) is 3.28. The topological polar surface area (TPSA) is 57.6 Å². The first kappa shape index (κ1) is 20.2. The van der Waals surface area contributed by atoms with Crippen molar-refractivity contribution in [2.24, 2.45) is 11.8 Å². The molecule has 2 aliphatic rings. The Morgan fingerprint density at radius 1 is 1.08 bits per heavy atom. The van der Waals surface area contributed by atoms with Gasteiger partial charge >= 0.3 is 5.97 Å². The molecule has 4 nitrogen and oxygen atoms in total. The number of carbonyl (C=O) groups excluding carboxylic acids is 1. The molecule has 0 aromatic rings. The first-order valence-electron chi connectivity index (χ1n) is 10.3. The van der Waals surface area contributed by atoms with Crippen molar-refractivity contribution in [2.45, 2.75) is 83.6 Å². The standard InChI is InChI=1S/C21H35NO3/c1-2-19(21(24)25)12-7-13-20(16-23)22(14-17-8-3-4-9-17)15-18-10-5-6-11-18/h12,16-18,20H,2-11,13-15H2,1H3,(H,24,25)/t20-/m1/s1. The lowest BCUT2D eigenvalue weighted by atomic mass is 10.0. The second-order valence-electron chi connectivity index (χ2n) is 7.92. The van der Waals surface area contributed by atoms with Gasteiger partial charge in [-0.2, -0.15) is 0 Å². The van der Waals surface area contributed by atoms with E-state index in [-0.39, 0.29) is 6.04 Å². The van der Waals surface area contributed by atoms with E-state index in [0.717, 1.165) is 37.6 Å². The number of hydrogen-bond donors (Lipinski definition) is 1. The number of allylic oxidation sites excluding steroid dienone is 1. The van der Waals surface area contributed by atoms with Crippen LogP contribution in [0.1, 0.15) is 77.6 Å². The molecule has 0 spiro atoms. The molecule has 2 aliphatic carbocycles. The molecule has 2 saturated carbocycles. The van der Waals surface area contributed by atoms with E-state index in [9.17, 15) is 9.59 Å². The van der Waals surface area contributed by atoms with E-state index in [2.05, 4.69) is 4.90 Å². The van der Waals surface area contributed by atoms with Crippen LogP contribution in [0.25, 0.3) is 0 Å². The normalized spacial score (nSPS) is 21.1. The van der Waals surface area contributed by atoms with E-state index in [1.165, 1.54) is 51.4 Å². The molecule has 0 aromatic heterocycles. The number of carboxylic acid groups (broad SMARTS) is 1. The Morgan fingerprint density at radius 3 is 2.00 bits per heavy atom. The fourth-order valence-corrected chi connectivity index (χ4v) is 4.54. The van der Waals surface area contributed by atoms with E-state index in [1.807, 2.05) is 13.0 Å². The molecular weight excluding hydrogens is 314 g/mol. The molecule has 0 aromatic carbocycles. The SMILES string of the molecule is CCC(=CCC[C@H](C=O)N(CC1CCCC1)CC1CCCC1)C(=O)O. The van der Waals surface area contributed by atoms with Gasteiger partial charge < -0.3 is 9.90 Å². The van der Waals surface area contributed by atoms with Gasteiger partial charge in [0.25, 0.3) is 0 Å². The largest absolute Gasteiger partial charge is 0.478 e. The van der Waals surface area contributed by atoms with Gasteiger partial charge in [0.1, 0.15) is 6.29 Å². The van der Waals surface area contributed by atoms with Gasteiger partial charge in [0.15, 0.2) is 0 Å². The van der Waals surface area contributed by atoms with Gasteiger partial charge in [-0.25, -0.2) is 4.79 Å². The summed E-state index contributed by atoms with van der Waals surface area (Å²) >= 11 is 0. The molecule has 4 heteroatoms.